The van der Waals surface area contributed by atoms with Gasteiger partial charge in [0.1, 0.15) is 0 Å². The van der Waals surface area contributed by atoms with Crippen molar-refractivity contribution in [3.05, 3.63) is 11.4 Å². The maximum Gasteiger partial charge on any atom is 0.361 e. The molecule has 0 aliphatic heterocycles. The Kier molecular flexibility index (Phi) is 3.66. The molecule has 0 amide bonds. The lowest BCUT2D eigenvalue weighted by molar-refractivity contribution is 0.0546. The van der Waals surface area contributed by atoms with Gasteiger partial charge in [-0.3, -0.25) is 4.35 Å². The first-order valence-corrected chi connectivity index (χ1v) is 8.40. The number of aromatic nitrogens is 3. The molecule has 0 unspecified atom stereocenters. The molecule has 1 heterocycles. The van der Waals surface area contributed by atoms with Gasteiger partial charge in [-0.15, -0.1) is 5.10 Å². The highest BCUT2D eigenvalue weighted by atomic mass is 28.3. The van der Waals surface area contributed by atoms with Crippen molar-refractivity contribution in [2.24, 2.45) is 0 Å². The second kappa shape index (κ2) is 4.66. The van der Waals surface area contributed by atoms with Crippen molar-refractivity contribution in [1.82, 2.24) is 14.7 Å². The molecule has 0 aliphatic rings. The summed E-state index contributed by atoms with van der Waals surface area (Å²) in [5.74, 6) is -1.34. The molecule has 0 radical (unpaired) electrons. The fourth-order valence-electron chi connectivity index (χ4n) is 1.27. The molecular weight excluding hydrogens is 242 g/mol. The zero-order chi connectivity index (χ0) is 13.2. The number of carbonyl (C=O) groups is 2. The molecule has 0 saturated heterocycles. The van der Waals surface area contributed by atoms with E-state index in [0.29, 0.717) is 0 Å². The predicted octanol–water partition coefficient (Wildman–Crippen LogP) is 0.534. The van der Waals surface area contributed by atoms with E-state index in [-0.39, 0.29) is 11.4 Å². The van der Waals surface area contributed by atoms with Crippen molar-refractivity contribution in [2.75, 3.05) is 14.2 Å². The summed E-state index contributed by atoms with van der Waals surface area (Å²) in [6.45, 7) is 5.90. The van der Waals surface area contributed by atoms with Gasteiger partial charge < -0.3 is 9.47 Å². The summed E-state index contributed by atoms with van der Waals surface area (Å²) in [5.41, 5.74) is -0.0553. The van der Waals surface area contributed by atoms with E-state index >= 15 is 0 Å². The number of ether oxygens (including phenoxy) is 2. The average Bonchev–Trinajstić information content (AvgIpc) is 2.70. The van der Waals surface area contributed by atoms with E-state index < -0.39 is 20.2 Å². The van der Waals surface area contributed by atoms with Crippen molar-refractivity contribution in [3.8, 4) is 0 Å². The Balaban J connectivity index is 3.40. The predicted molar refractivity (Wildman–Crippen MR) is 61.4 cm³/mol. The van der Waals surface area contributed by atoms with Crippen LogP contribution in [0.15, 0.2) is 0 Å². The Morgan fingerprint density at radius 3 is 2.06 bits per heavy atom. The molecule has 1 aromatic heterocycles. The highest BCUT2D eigenvalue weighted by Crippen LogP contribution is 2.14. The van der Waals surface area contributed by atoms with Gasteiger partial charge in [0, 0.05) is 0 Å². The summed E-state index contributed by atoms with van der Waals surface area (Å²) in [6, 6.07) is 0. The molecule has 0 atom stereocenters. The van der Waals surface area contributed by atoms with Crippen molar-refractivity contribution in [2.45, 2.75) is 19.6 Å². The summed E-state index contributed by atoms with van der Waals surface area (Å²) < 4.78 is 10.7. The van der Waals surface area contributed by atoms with Crippen LogP contribution in [0.5, 0.6) is 0 Å². The molecule has 0 saturated carbocycles. The van der Waals surface area contributed by atoms with Gasteiger partial charge in [-0.2, -0.15) is 0 Å². The fraction of sp³-hybridized carbons (Fsp3) is 0.556. The number of nitrogens with zero attached hydrogens (tertiary/aromatic N) is 3. The van der Waals surface area contributed by atoms with E-state index in [2.05, 4.69) is 19.8 Å². The molecule has 1 aromatic rings. The zero-order valence-electron chi connectivity index (χ0n) is 10.5. The Labute approximate surface area is 99.8 Å². The molecule has 7 nitrogen and oxygen atoms in total. The number of hydrogen-bond donors (Lipinski definition) is 0. The van der Waals surface area contributed by atoms with Gasteiger partial charge in [0.25, 0.3) is 0 Å². The second-order valence-electron chi connectivity index (χ2n) is 4.35. The second-order valence-corrected chi connectivity index (χ2v) is 9.12. The molecule has 17 heavy (non-hydrogen) atoms. The van der Waals surface area contributed by atoms with Crippen LogP contribution in [0.3, 0.4) is 0 Å². The van der Waals surface area contributed by atoms with Gasteiger partial charge >= 0.3 is 11.9 Å². The fourth-order valence-corrected chi connectivity index (χ4v) is 2.45. The monoisotopic (exact) mass is 257 g/mol. The molecule has 0 fully saturated rings. The van der Waals surface area contributed by atoms with Crippen molar-refractivity contribution >= 4 is 20.2 Å². The van der Waals surface area contributed by atoms with Crippen LogP contribution < -0.4 is 0 Å². The summed E-state index contributed by atoms with van der Waals surface area (Å²) in [6.07, 6.45) is 0. The minimum absolute atomic E-state index is 0.0542. The first-order valence-electron chi connectivity index (χ1n) is 4.95. The maximum atomic E-state index is 11.7. The standard InChI is InChI=1S/C9H15N3O4Si/c1-15-8(13)6-7(9(14)16-2)12(11-10-6)17(3,4)5/h1-5H3. The van der Waals surface area contributed by atoms with Gasteiger partial charge in [0.15, 0.2) is 13.9 Å². The molecule has 1 rings (SSSR count). The summed E-state index contributed by atoms with van der Waals surface area (Å²) >= 11 is 0. The minimum atomic E-state index is -1.96. The van der Waals surface area contributed by atoms with E-state index in [1.807, 2.05) is 19.6 Å². The lowest BCUT2D eigenvalue weighted by Gasteiger charge is -2.17. The number of rotatable bonds is 3. The molecule has 0 aromatic carbocycles. The molecule has 94 valence electrons. The van der Waals surface area contributed by atoms with E-state index in [1.165, 1.54) is 18.6 Å². The quantitative estimate of drug-likeness (QED) is 0.580. The lowest BCUT2D eigenvalue weighted by atomic mass is 10.3. The van der Waals surface area contributed by atoms with Crippen LogP contribution in [0, 0.1) is 0 Å². The summed E-state index contributed by atoms with van der Waals surface area (Å²) in [5, 5.41) is 7.55. The van der Waals surface area contributed by atoms with Crippen molar-refractivity contribution < 1.29 is 19.1 Å². The van der Waals surface area contributed by atoms with Crippen LogP contribution in [0.2, 0.25) is 19.6 Å². The van der Waals surface area contributed by atoms with E-state index in [1.54, 1.807) is 0 Å². The van der Waals surface area contributed by atoms with Crippen LogP contribution in [0.4, 0.5) is 0 Å². The molecule has 0 bridgehead atoms. The minimum Gasteiger partial charge on any atom is -0.464 e. The Morgan fingerprint density at radius 1 is 1.12 bits per heavy atom. The number of methoxy groups -OCH3 is 2. The Bertz CT molecular complexity index is 450. The van der Waals surface area contributed by atoms with Crippen LogP contribution >= 0.6 is 0 Å². The van der Waals surface area contributed by atoms with Gasteiger partial charge in [-0.25, -0.2) is 9.59 Å². The average molecular weight is 257 g/mol. The van der Waals surface area contributed by atoms with Crippen LogP contribution in [-0.4, -0.2) is 49.1 Å². The van der Waals surface area contributed by atoms with Crippen LogP contribution in [0.25, 0.3) is 0 Å². The van der Waals surface area contributed by atoms with Gasteiger partial charge in [0.05, 0.1) is 14.2 Å². The molecular formula is C9H15N3O4Si. The highest BCUT2D eigenvalue weighted by molar-refractivity contribution is 6.74. The smallest absolute Gasteiger partial charge is 0.361 e. The highest BCUT2D eigenvalue weighted by Gasteiger charge is 2.32. The first kappa shape index (κ1) is 13.4. The molecule has 0 N–H and O–H groups in total. The lowest BCUT2D eigenvalue weighted by Crippen LogP contribution is -2.36. The summed E-state index contributed by atoms with van der Waals surface area (Å²) in [4.78, 5) is 23.1. The Morgan fingerprint density at radius 2 is 1.65 bits per heavy atom. The maximum absolute atomic E-state index is 11.7. The van der Waals surface area contributed by atoms with Crippen molar-refractivity contribution in [1.29, 1.82) is 0 Å². The normalized spacial score (nSPS) is 11.1. The van der Waals surface area contributed by atoms with E-state index in [4.69, 9.17) is 0 Å². The number of hydrogen-bond acceptors (Lipinski definition) is 6. The van der Waals surface area contributed by atoms with Gasteiger partial charge in [-0.1, -0.05) is 5.21 Å². The van der Waals surface area contributed by atoms with E-state index in [0.717, 1.165) is 0 Å². The summed E-state index contributed by atoms with van der Waals surface area (Å²) in [7, 11) is 0.500. The molecule has 0 aliphatic carbocycles. The van der Waals surface area contributed by atoms with Crippen LogP contribution in [0.1, 0.15) is 21.0 Å². The largest absolute Gasteiger partial charge is 0.464 e. The number of esters is 2. The third-order valence-electron chi connectivity index (χ3n) is 2.06. The Hall–Kier alpha value is -1.70. The number of carbonyl (C=O) groups excluding carboxylic acids is 2. The third kappa shape index (κ3) is 2.52. The van der Waals surface area contributed by atoms with Crippen molar-refractivity contribution in [3.63, 3.8) is 0 Å². The van der Waals surface area contributed by atoms with Crippen LogP contribution in [-0.2, 0) is 9.47 Å². The topological polar surface area (TPSA) is 83.3 Å². The molecule has 8 heteroatoms. The van der Waals surface area contributed by atoms with E-state index in [9.17, 15) is 9.59 Å². The molecule has 0 spiro atoms. The first-order chi connectivity index (χ1) is 7.82. The van der Waals surface area contributed by atoms with Gasteiger partial charge in [0.2, 0.25) is 5.69 Å². The third-order valence-corrected chi connectivity index (χ3v) is 3.65. The zero-order valence-corrected chi connectivity index (χ0v) is 11.5. The SMILES string of the molecule is COC(=O)c1nnn([Si](C)(C)C)c1C(=O)OC. The van der Waals surface area contributed by atoms with Gasteiger partial charge in [-0.05, 0) is 19.6 Å².